The van der Waals surface area contributed by atoms with Crippen LogP contribution in [0.4, 0.5) is 0 Å². The Hall–Kier alpha value is -2.94. The highest BCUT2D eigenvalue weighted by molar-refractivity contribution is 7.89. The lowest BCUT2D eigenvalue weighted by molar-refractivity contribution is 0.0950. The summed E-state index contributed by atoms with van der Waals surface area (Å²) in [6, 6.07) is 17.3. The summed E-state index contributed by atoms with van der Waals surface area (Å²) in [4.78, 5) is 14.8. The molecule has 0 atom stereocenters. The third-order valence-corrected chi connectivity index (χ3v) is 6.30. The summed E-state index contributed by atoms with van der Waals surface area (Å²) in [5.74, 6) is 0.258. The van der Waals surface area contributed by atoms with Gasteiger partial charge >= 0.3 is 0 Å². The first-order valence-electron chi connectivity index (χ1n) is 10.0. The van der Waals surface area contributed by atoms with E-state index in [1.165, 1.54) is 36.1 Å². The van der Waals surface area contributed by atoms with E-state index in [1.807, 2.05) is 12.1 Å². The molecule has 2 N–H and O–H groups in total. The van der Waals surface area contributed by atoms with Crippen LogP contribution >= 0.6 is 0 Å². The molecule has 3 rings (SSSR count). The number of benzene rings is 2. The molecule has 0 spiro atoms. The molecule has 8 heteroatoms. The summed E-state index contributed by atoms with van der Waals surface area (Å²) in [6.45, 7) is 4.38. The number of hydrogen-bond acceptors (Lipinski definition) is 5. The van der Waals surface area contributed by atoms with E-state index in [-0.39, 0.29) is 17.3 Å². The van der Waals surface area contributed by atoms with Gasteiger partial charge in [0, 0.05) is 18.7 Å². The number of hydrogen-bond donors (Lipinski definition) is 2. The lowest BCUT2D eigenvalue weighted by Gasteiger charge is -2.14. The molecule has 0 unspecified atom stereocenters. The van der Waals surface area contributed by atoms with Crippen molar-refractivity contribution in [2.75, 3.05) is 13.6 Å². The molecule has 164 valence electrons. The Morgan fingerprint density at radius 2 is 1.74 bits per heavy atom. The fourth-order valence-corrected chi connectivity index (χ4v) is 3.99. The molecule has 0 aliphatic heterocycles. The number of nitrogens with one attached hydrogen (secondary N) is 2. The van der Waals surface area contributed by atoms with Crippen molar-refractivity contribution in [1.82, 2.24) is 14.9 Å². The minimum atomic E-state index is -3.70. The molecule has 0 aliphatic carbocycles. The summed E-state index contributed by atoms with van der Waals surface area (Å²) >= 11 is 0. The minimum Gasteiger partial charge on any atom is -0.468 e. The van der Waals surface area contributed by atoms with Crippen LogP contribution in [0, 0.1) is 0 Å². The number of carbonyl (C=O) groups excluding carboxylic acids is 1. The number of amides is 1. The van der Waals surface area contributed by atoms with Crippen LogP contribution in [0.15, 0.2) is 76.2 Å². The first-order valence-corrected chi connectivity index (χ1v) is 11.5. The van der Waals surface area contributed by atoms with Crippen LogP contribution in [0.3, 0.4) is 0 Å². The van der Waals surface area contributed by atoms with Crippen LogP contribution in [0.5, 0.6) is 0 Å². The van der Waals surface area contributed by atoms with E-state index >= 15 is 0 Å². The Kier molecular flexibility index (Phi) is 7.62. The number of rotatable bonds is 10. The summed E-state index contributed by atoms with van der Waals surface area (Å²) in [7, 11) is -1.64. The highest BCUT2D eigenvalue weighted by atomic mass is 32.2. The van der Waals surface area contributed by atoms with Crippen molar-refractivity contribution in [2.24, 2.45) is 0 Å². The van der Waals surface area contributed by atoms with Crippen LogP contribution < -0.4 is 10.0 Å². The molecular formula is C23H27N3O4S. The Bertz CT molecular complexity index is 1090. The molecule has 1 amide bonds. The van der Waals surface area contributed by atoms with Gasteiger partial charge in [0.15, 0.2) is 0 Å². The maximum absolute atomic E-state index is 12.5. The highest BCUT2D eigenvalue weighted by Gasteiger charge is 2.15. The van der Waals surface area contributed by atoms with E-state index in [1.54, 1.807) is 12.1 Å². The second-order valence-electron chi connectivity index (χ2n) is 7.26. The first-order chi connectivity index (χ1) is 14.9. The van der Waals surface area contributed by atoms with E-state index < -0.39 is 10.0 Å². The molecular weight excluding hydrogens is 414 g/mol. The van der Waals surface area contributed by atoms with Gasteiger partial charge in [-0.05, 0) is 61.1 Å². The largest absolute Gasteiger partial charge is 0.468 e. The normalized spacial score (nSPS) is 11.6. The summed E-state index contributed by atoms with van der Waals surface area (Å²) in [6.07, 6.45) is 1.48. The van der Waals surface area contributed by atoms with Gasteiger partial charge in [0.1, 0.15) is 5.76 Å². The van der Waals surface area contributed by atoms with Crippen molar-refractivity contribution >= 4 is 15.9 Å². The third-order valence-electron chi connectivity index (χ3n) is 4.88. The Morgan fingerprint density at radius 3 is 2.42 bits per heavy atom. The summed E-state index contributed by atoms with van der Waals surface area (Å²) in [5.41, 5.74) is 2.59. The van der Waals surface area contributed by atoms with Crippen LogP contribution in [-0.4, -0.2) is 32.8 Å². The zero-order valence-corrected chi connectivity index (χ0v) is 18.5. The number of carbonyl (C=O) groups is 1. The SMILES string of the molecule is CCN(C)Cc1cccc(CNC(=O)c2ccc(S(=O)(=O)NCc3ccco3)cc2)c1. The molecule has 7 nitrogen and oxygen atoms in total. The molecule has 0 saturated heterocycles. The molecule has 3 aromatic rings. The van der Waals surface area contributed by atoms with Crippen LogP contribution in [-0.2, 0) is 29.7 Å². The van der Waals surface area contributed by atoms with Crippen molar-refractivity contribution in [1.29, 1.82) is 0 Å². The second-order valence-corrected chi connectivity index (χ2v) is 9.03. The Balaban J connectivity index is 1.57. The average Bonchev–Trinajstić information content (AvgIpc) is 3.30. The van der Waals surface area contributed by atoms with Gasteiger partial charge < -0.3 is 14.6 Å². The maximum atomic E-state index is 12.5. The number of sulfonamides is 1. The van der Waals surface area contributed by atoms with Crippen LogP contribution in [0.2, 0.25) is 0 Å². The molecule has 0 aliphatic rings. The number of furan rings is 1. The van der Waals surface area contributed by atoms with Crippen LogP contribution in [0.25, 0.3) is 0 Å². The molecule has 0 fully saturated rings. The van der Waals surface area contributed by atoms with Gasteiger partial charge in [0.25, 0.3) is 5.91 Å². The molecule has 0 radical (unpaired) electrons. The van der Waals surface area contributed by atoms with Crippen molar-refractivity contribution in [3.63, 3.8) is 0 Å². The van der Waals surface area contributed by atoms with Gasteiger partial charge in [-0.3, -0.25) is 4.79 Å². The first kappa shape index (κ1) is 22.7. The Morgan fingerprint density at radius 1 is 1.00 bits per heavy atom. The molecule has 0 bridgehead atoms. The van der Waals surface area contributed by atoms with E-state index in [0.717, 1.165) is 18.7 Å². The summed E-state index contributed by atoms with van der Waals surface area (Å²) < 4.78 is 32.4. The van der Waals surface area contributed by atoms with Gasteiger partial charge in [-0.1, -0.05) is 31.2 Å². The zero-order chi connectivity index (χ0) is 22.3. The fourth-order valence-electron chi connectivity index (χ4n) is 2.99. The lowest BCUT2D eigenvalue weighted by atomic mass is 10.1. The highest BCUT2D eigenvalue weighted by Crippen LogP contribution is 2.13. The topological polar surface area (TPSA) is 91.7 Å². The third kappa shape index (κ3) is 6.52. The quantitative estimate of drug-likeness (QED) is 0.504. The molecule has 31 heavy (non-hydrogen) atoms. The average molecular weight is 442 g/mol. The minimum absolute atomic E-state index is 0.0602. The zero-order valence-electron chi connectivity index (χ0n) is 17.7. The maximum Gasteiger partial charge on any atom is 0.251 e. The molecule has 0 saturated carbocycles. The van der Waals surface area contributed by atoms with E-state index in [4.69, 9.17) is 4.42 Å². The predicted molar refractivity (Wildman–Crippen MR) is 119 cm³/mol. The Labute approximate surface area is 183 Å². The van der Waals surface area contributed by atoms with Crippen molar-refractivity contribution in [3.8, 4) is 0 Å². The molecule has 2 aromatic carbocycles. The lowest BCUT2D eigenvalue weighted by Crippen LogP contribution is -2.24. The van der Waals surface area contributed by atoms with Crippen molar-refractivity contribution in [2.45, 2.75) is 31.5 Å². The fraction of sp³-hybridized carbons (Fsp3) is 0.261. The van der Waals surface area contributed by atoms with Gasteiger partial charge in [-0.25, -0.2) is 13.1 Å². The predicted octanol–water partition coefficient (Wildman–Crippen LogP) is 3.14. The number of nitrogens with zero attached hydrogens (tertiary/aromatic N) is 1. The van der Waals surface area contributed by atoms with Gasteiger partial charge in [-0.2, -0.15) is 0 Å². The van der Waals surface area contributed by atoms with Gasteiger partial charge in [0.05, 0.1) is 17.7 Å². The van der Waals surface area contributed by atoms with Gasteiger partial charge in [0.2, 0.25) is 10.0 Å². The monoisotopic (exact) mass is 441 g/mol. The van der Waals surface area contributed by atoms with E-state index in [0.29, 0.717) is 17.9 Å². The van der Waals surface area contributed by atoms with Crippen molar-refractivity contribution < 1.29 is 17.6 Å². The van der Waals surface area contributed by atoms with E-state index in [2.05, 4.69) is 41.0 Å². The van der Waals surface area contributed by atoms with Crippen LogP contribution in [0.1, 0.15) is 34.2 Å². The summed E-state index contributed by atoms with van der Waals surface area (Å²) in [5, 5.41) is 2.88. The van der Waals surface area contributed by atoms with Crippen molar-refractivity contribution in [3.05, 3.63) is 89.4 Å². The van der Waals surface area contributed by atoms with E-state index in [9.17, 15) is 13.2 Å². The molecule has 1 aromatic heterocycles. The van der Waals surface area contributed by atoms with Gasteiger partial charge in [-0.15, -0.1) is 0 Å². The smallest absolute Gasteiger partial charge is 0.251 e. The standard InChI is InChI=1S/C23H27N3O4S/c1-3-26(2)17-19-7-4-6-18(14-19)15-24-23(27)20-9-11-22(12-10-20)31(28,29)25-16-21-8-5-13-30-21/h4-14,25H,3,15-17H2,1-2H3,(H,24,27). The second kappa shape index (κ2) is 10.4. The molecule has 1 heterocycles.